The summed E-state index contributed by atoms with van der Waals surface area (Å²) >= 11 is 2.46. The van der Waals surface area contributed by atoms with Gasteiger partial charge in [0.1, 0.15) is 0 Å². The zero-order valence-corrected chi connectivity index (χ0v) is 14.6. The van der Waals surface area contributed by atoms with Crippen molar-refractivity contribution in [3.63, 3.8) is 0 Å². The molecule has 0 aliphatic heterocycles. The van der Waals surface area contributed by atoms with Gasteiger partial charge in [0.15, 0.2) is 4.34 Å². The Bertz CT molecular complexity index is 670. The highest BCUT2D eigenvalue weighted by Crippen LogP contribution is 2.23. The molecule has 0 fully saturated rings. The van der Waals surface area contributed by atoms with Crippen LogP contribution in [0.1, 0.15) is 28.7 Å². The van der Waals surface area contributed by atoms with Crippen molar-refractivity contribution < 1.29 is 9.59 Å². The number of hydrogen-bond acceptors (Lipinski definition) is 6. The van der Waals surface area contributed by atoms with Gasteiger partial charge in [-0.15, -0.1) is 10.2 Å². The molecule has 1 aromatic heterocycles. The molecule has 0 atom stereocenters. The molecule has 8 heteroatoms. The first kappa shape index (κ1) is 17.4. The lowest BCUT2D eigenvalue weighted by Gasteiger charge is -2.02. The molecule has 0 aliphatic carbocycles. The molecule has 0 bridgehead atoms. The fourth-order valence-corrected chi connectivity index (χ4v) is 3.20. The number of nitrogens with zero attached hydrogens (tertiary/aromatic N) is 2. The first-order valence-electron chi connectivity index (χ1n) is 7.19. The predicted octanol–water partition coefficient (Wildman–Crippen LogP) is 2.72. The standard InChI is InChI=1S/C15H18N4O2S2/c1-3-8-16-12(20)9-22-15-19-18-14(23-15)13(21)17-11-6-4-10(2)5-7-11/h4-7H,3,8-9H2,1-2H3,(H,16,20)(H,17,21). The van der Waals surface area contributed by atoms with Crippen LogP contribution in [0.2, 0.25) is 0 Å². The summed E-state index contributed by atoms with van der Waals surface area (Å²) < 4.78 is 0.603. The van der Waals surface area contributed by atoms with Crippen LogP contribution in [0.25, 0.3) is 0 Å². The van der Waals surface area contributed by atoms with Crippen molar-refractivity contribution in [3.05, 3.63) is 34.8 Å². The van der Waals surface area contributed by atoms with E-state index in [4.69, 9.17) is 0 Å². The van der Waals surface area contributed by atoms with Gasteiger partial charge >= 0.3 is 0 Å². The molecule has 0 aliphatic rings. The topological polar surface area (TPSA) is 84.0 Å². The largest absolute Gasteiger partial charge is 0.355 e. The molecule has 0 radical (unpaired) electrons. The fraction of sp³-hybridized carbons (Fsp3) is 0.333. The maximum absolute atomic E-state index is 12.1. The van der Waals surface area contributed by atoms with E-state index >= 15 is 0 Å². The molecule has 1 aromatic carbocycles. The number of hydrogen-bond donors (Lipinski definition) is 2. The van der Waals surface area contributed by atoms with Gasteiger partial charge in [-0.1, -0.05) is 47.7 Å². The van der Waals surface area contributed by atoms with Crippen molar-refractivity contribution in [2.45, 2.75) is 24.6 Å². The van der Waals surface area contributed by atoms with Crippen molar-refractivity contribution in [3.8, 4) is 0 Å². The van der Waals surface area contributed by atoms with E-state index in [1.54, 1.807) is 0 Å². The van der Waals surface area contributed by atoms with E-state index in [0.29, 0.717) is 16.6 Å². The van der Waals surface area contributed by atoms with Crippen LogP contribution < -0.4 is 10.6 Å². The average Bonchev–Trinajstić information content (AvgIpc) is 3.02. The third-order valence-corrected chi connectivity index (χ3v) is 4.86. The van der Waals surface area contributed by atoms with E-state index in [9.17, 15) is 9.59 Å². The van der Waals surface area contributed by atoms with Gasteiger partial charge in [-0.25, -0.2) is 0 Å². The predicted molar refractivity (Wildman–Crippen MR) is 93.1 cm³/mol. The molecule has 1 heterocycles. The number of carbonyl (C=O) groups excluding carboxylic acids is 2. The first-order chi connectivity index (χ1) is 11.1. The Morgan fingerprint density at radius 3 is 2.65 bits per heavy atom. The molecule has 122 valence electrons. The molecule has 23 heavy (non-hydrogen) atoms. The third-order valence-electron chi connectivity index (χ3n) is 2.81. The van der Waals surface area contributed by atoms with Crippen molar-refractivity contribution in [1.82, 2.24) is 15.5 Å². The van der Waals surface area contributed by atoms with Crippen LogP contribution in [-0.4, -0.2) is 34.3 Å². The second kappa shape index (κ2) is 8.64. The van der Waals surface area contributed by atoms with Crippen LogP contribution in [0, 0.1) is 6.92 Å². The smallest absolute Gasteiger partial charge is 0.286 e. The summed E-state index contributed by atoms with van der Waals surface area (Å²) in [4.78, 5) is 23.6. The lowest BCUT2D eigenvalue weighted by Crippen LogP contribution is -2.25. The molecule has 0 saturated heterocycles. The van der Waals surface area contributed by atoms with E-state index < -0.39 is 0 Å². The summed E-state index contributed by atoms with van der Waals surface area (Å²) in [6.07, 6.45) is 0.901. The fourth-order valence-electron chi connectivity index (χ4n) is 1.62. The summed E-state index contributed by atoms with van der Waals surface area (Å²) in [5, 5.41) is 13.6. The number of aryl methyl sites for hydroxylation is 1. The van der Waals surface area contributed by atoms with Gasteiger partial charge in [0, 0.05) is 12.2 Å². The minimum Gasteiger partial charge on any atom is -0.355 e. The lowest BCUT2D eigenvalue weighted by molar-refractivity contribution is -0.118. The van der Waals surface area contributed by atoms with Crippen LogP contribution in [0.5, 0.6) is 0 Å². The Morgan fingerprint density at radius 2 is 1.96 bits per heavy atom. The average molecular weight is 350 g/mol. The van der Waals surface area contributed by atoms with Gasteiger partial charge in [-0.3, -0.25) is 9.59 Å². The molecule has 0 spiro atoms. The molecule has 2 N–H and O–H groups in total. The Hall–Kier alpha value is -1.93. The maximum atomic E-state index is 12.1. The van der Waals surface area contributed by atoms with Crippen LogP contribution in [-0.2, 0) is 4.79 Å². The molecule has 2 rings (SSSR count). The minimum atomic E-state index is -0.298. The number of amides is 2. The third kappa shape index (κ3) is 5.65. The van der Waals surface area contributed by atoms with Crippen LogP contribution in [0.15, 0.2) is 28.6 Å². The highest BCUT2D eigenvalue weighted by molar-refractivity contribution is 8.01. The number of carbonyl (C=O) groups is 2. The van der Waals surface area contributed by atoms with E-state index in [0.717, 1.165) is 12.0 Å². The Labute approximate surface area is 143 Å². The minimum absolute atomic E-state index is 0.0438. The second-order valence-corrected chi connectivity index (χ2v) is 7.03. The molecule has 2 amide bonds. The van der Waals surface area contributed by atoms with Gasteiger partial charge < -0.3 is 10.6 Å². The van der Waals surface area contributed by atoms with Gasteiger partial charge in [-0.05, 0) is 25.5 Å². The highest BCUT2D eigenvalue weighted by Gasteiger charge is 2.14. The summed E-state index contributed by atoms with van der Waals surface area (Å²) in [7, 11) is 0. The number of rotatable bonds is 7. The Morgan fingerprint density at radius 1 is 1.22 bits per heavy atom. The summed E-state index contributed by atoms with van der Waals surface area (Å²) in [6, 6.07) is 7.52. The van der Waals surface area contributed by atoms with Crippen molar-refractivity contribution in [2.75, 3.05) is 17.6 Å². The molecule has 0 saturated carbocycles. The number of benzene rings is 1. The molecular formula is C15H18N4O2S2. The monoisotopic (exact) mass is 350 g/mol. The van der Waals surface area contributed by atoms with Gasteiger partial charge in [0.25, 0.3) is 5.91 Å². The molecule has 6 nitrogen and oxygen atoms in total. The summed E-state index contributed by atoms with van der Waals surface area (Å²) in [6.45, 7) is 4.65. The van der Waals surface area contributed by atoms with Crippen molar-refractivity contribution in [1.29, 1.82) is 0 Å². The normalized spacial score (nSPS) is 10.3. The second-order valence-electron chi connectivity index (χ2n) is 4.83. The van der Waals surface area contributed by atoms with E-state index in [-0.39, 0.29) is 22.6 Å². The zero-order chi connectivity index (χ0) is 16.7. The van der Waals surface area contributed by atoms with E-state index in [2.05, 4.69) is 20.8 Å². The summed E-state index contributed by atoms with van der Waals surface area (Å²) in [5.41, 5.74) is 1.84. The lowest BCUT2D eigenvalue weighted by atomic mass is 10.2. The number of aromatic nitrogens is 2. The van der Waals surface area contributed by atoms with Crippen LogP contribution in [0.3, 0.4) is 0 Å². The molecule has 0 unspecified atom stereocenters. The SMILES string of the molecule is CCCNC(=O)CSc1nnc(C(=O)Nc2ccc(C)cc2)s1. The summed E-state index contributed by atoms with van der Waals surface area (Å²) in [5.74, 6) is -0.0693. The molecular weight excluding hydrogens is 332 g/mol. The van der Waals surface area contributed by atoms with Crippen LogP contribution >= 0.6 is 23.1 Å². The van der Waals surface area contributed by atoms with Gasteiger partial charge in [0.2, 0.25) is 10.9 Å². The van der Waals surface area contributed by atoms with E-state index in [1.165, 1.54) is 23.1 Å². The van der Waals surface area contributed by atoms with Gasteiger partial charge in [-0.2, -0.15) is 0 Å². The number of nitrogens with one attached hydrogen (secondary N) is 2. The van der Waals surface area contributed by atoms with Gasteiger partial charge in [0.05, 0.1) is 5.75 Å². The first-order valence-corrected chi connectivity index (χ1v) is 8.99. The van der Waals surface area contributed by atoms with Crippen molar-refractivity contribution in [2.24, 2.45) is 0 Å². The van der Waals surface area contributed by atoms with Crippen molar-refractivity contribution >= 4 is 40.6 Å². The molecule has 2 aromatic rings. The Balaban J connectivity index is 1.87. The quantitative estimate of drug-likeness (QED) is 0.750. The highest BCUT2D eigenvalue weighted by atomic mass is 32.2. The maximum Gasteiger partial charge on any atom is 0.286 e. The number of thioether (sulfide) groups is 1. The van der Waals surface area contributed by atoms with Crippen LogP contribution in [0.4, 0.5) is 5.69 Å². The Kier molecular flexibility index (Phi) is 6.54. The number of anilines is 1. The zero-order valence-electron chi connectivity index (χ0n) is 13.0. The van der Waals surface area contributed by atoms with E-state index in [1.807, 2.05) is 38.1 Å².